The van der Waals surface area contributed by atoms with E-state index in [1.54, 1.807) is 0 Å². The lowest BCUT2D eigenvalue weighted by atomic mass is 10.2. The summed E-state index contributed by atoms with van der Waals surface area (Å²) in [5.41, 5.74) is 0. The van der Waals surface area contributed by atoms with Crippen LogP contribution in [-0.4, -0.2) is 30.1 Å². The van der Waals surface area contributed by atoms with Gasteiger partial charge in [0, 0.05) is 39.9 Å². The average Bonchev–Trinajstić information content (AvgIpc) is 2.55. The maximum atomic E-state index is 3.55. The molecule has 1 fully saturated rings. The second-order valence-corrected chi connectivity index (χ2v) is 6.57. The molecular formula is C12H19BrN2S. The molecule has 2 unspecified atom stereocenters. The third kappa shape index (κ3) is 3.29. The van der Waals surface area contributed by atoms with Gasteiger partial charge >= 0.3 is 0 Å². The molecular weight excluding hydrogens is 284 g/mol. The largest absolute Gasteiger partial charge is 0.313 e. The van der Waals surface area contributed by atoms with Gasteiger partial charge in [0.2, 0.25) is 0 Å². The van der Waals surface area contributed by atoms with Gasteiger partial charge in [0.05, 0.1) is 0 Å². The normalized spacial score (nSPS) is 27.9. The first kappa shape index (κ1) is 12.6. The molecule has 16 heavy (non-hydrogen) atoms. The monoisotopic (exact) mass is 302 g/mol. The molecule has 0 saturated carbocycles. The average molecular weight is 303 g/mol. The summed E-state index contributed by atoms with van der Waals surface area (Å²) in [5.74, 6) is 0. The van der Waals surface area contributed by atoms with Gasteiger partial charge in [-0.3, -0.25) is 4.90 Å². The fraction of sp³-hybridized carbons (Fsp3) is 0.667. The van der Waals surface area contributed by atoms with Crippen molar-refractivity contribution in [1.29, 1.82) is 0 Å². The molecule has 1 saturated heterocycles. The van der Waals surface area contributed by atoms with Crippen molar-refractivity contribution in [3.05, 3.63) is 20.8 Å². The molecule has 1 aliphatic heterocycles. The Morgan fingerprint density at radius 1 is 1.56 bits per heavy atom. The Labute approximate surface area is 110 Å². The predicted octanol–water partition coefficient (Wildman–Crippen LogP) is 3.08. The molecule has 0 bridgehead atoms. The fourth-order valence-corrected chi connectivity index (χ4v) is 3.65. The number of halogens is 1. The Bertz CT molecular complexity index is 340. The van der Waals surface area contributed by atoms with Crippen molar-refractivity contribution in [2.75, 3.05) is 13.1 Å². The van der Waals surface area contributed by atoms with Crippen LogP contribution >= 0.6 is 27.3 Å². The van der Waals surface area contributed by atoms with E-state index in [1.165, 1.54) is 15.8 Å². The lowest BCUT2D eigenvalue weighted by Gasteiger charge is -2.27. The van der Waals surface area contributed by atoms with E-state index in [0.29, 0.717) is 12.1 Å². The van der Waals surface area contributed by atoms with Gasteiger partial charge < -0.3 is 5.32 Å². The minimum Gasteiger partial charge on any atom is -0.313 e. The van der Waals surface area contributed by atoms with Gasteiger partial charge in [-0.25, -0.2) is 0 Å². The Balaban J connectivity index is 2.00. The SMILES string of the molecule is CC1CN(Cc2cc(Br)cs2)C(C)CCN1. The van der Waals surface area contributed by atoms with Gasteiger partial charge in [-0.2, -0.15) is 0 Å². The zero-order valence-corrected chi connectivity index (χ0v) is 12.3. The molecule has 2 atom stereocenters. The number of hydrogen-bond donors (Lipinski definition) is 1. The van der Waals surface area contributed by atoms with E-state index in [9.17, 15) is 0 Å². The van der Waals surface area contributed by atoms with Crippen LogP contribution < -0.4 is 5.32 Å². The van der Waals surface area contributed by atoms with Crippen LogP contribution in [0.15, 0.2) is 15.9 Å². The summed E-state index contributed by atoms with van der Waals surface area (Å²) >= 11 is 5.36. The highest BCUT2D eigenvalue weighted by Gasteiger charge is 2.20. The van der Waals surface area contributed by atoms with Gasteiger partial charge in [0.15, 0.2) is 0 Å². The molecule has 2 rings (SSSR count). The molecule has 0 aliphatic carbocycles. The lowest BCUT2D eigenvalue weighted by molar-refractivity contribution is 0.200. The van der Waals surface area contributed by atoms with Crippen LogP contribution in [0.2, 0.25) is 0 Å². The van der Waals surface area contributed by atoms with Crippen LogP contribution in [0.4, 0.5) is 0 Å². The molecule has 0 aromatic carbocycles. The van der Waals surface area contributed by atoms with Crippen molar-refractivity contribution < 1.29 is 0 Å². The molecule has 90 valence electrons. The van der Waals surface area contributed by atoms with E-state index in [-0.39, 0.29) is 0 Å². The highest BCUT2D eigenvalue weighted by Crippen LogP contribution is 2.23. The summed E-state index contributed by atoms with van der Waals surface area (Å²) in [6.07, 6.45) is 1.25. The van der Waals surface area contributed by atoms with Crippen LogP contribution in [0.3, 0.4) is 0 Å². The predicted molar refractivity (Wildman–Crippen MR) is 74.0 cm³/mol. The highest BCUT2D eigenvalue weighted by atomic mass is 79.9. The standard InChI is InChI=1S/C12H19BrN2S/c1-9-6-15(10(2)3-4-14-9)7-12-5-11(13)8-16-12/h5,8-10,14H,3-4,6-7H2,1-2H3. The molecule has 2 nitrogen and oxygen atoms in total. The van der Waals surface area contributed by atoms with Crippen molar-refractivity contribution in [3.8, 4) is 0 Å². The van der Waals surface area contributed by atoms with Crippen molar-refractivity contribution in [3.63, 3.8) is 0 Å². The van der Waals surface area contributed by atoms with Crippen LogP contribution in [0.25, 0.3) is 0 Å². The number of hydrogen-bond acceptors (Lipinski definition) is 3. The Kier molecular flexibility index (Phi) is 4.41. The van der Waals surface area contributed by atoms with Gasteiger partial charge in [0.25, 0.3) is 0 Å². The number of rotatable bonds is 2. The maximum Gasteiger partial charge on any atom is 0.0331 e. The first-order valence-corrected chi connectivity index (χ1v) is 7.53. The molecule has 0 amide bonds. The summed E-state index contributed by atoms with van der Waals surface area (Å²) in [5, 5.41) is 5.71. The molecule has 0 spiro atoms. The number of nitrogens with zero attached hydrogens (tertiary/aromatic N) is 1. The molecule has 1 N–H and O–H groups in total. The summed E-state index contributed by atoms with van der Waals surface area (Å²) in [6.45, 7) is 7.99. The minimum absolute atomic E-state index is 0.605. The first-order valence-electron chi connectivity index (χ1n) is 5.85. The topological polar surface area (TPSA) is 15.3 Å². The Hall–Kier alpha value is 0.1000. The van der Waals surface area contributed by atoms with Crippen LogP contribution in [0.5, 0.6) is 0 Å². The Morgan fingerprint density at radius 3 is 3.06 bits per heavy atom. The van der Waals surface area contributed by atoms with Crippen molar-refractivity contribution >= 4 is 27.3 Å². The van der Waals surface area contributed by atoms with E-state index in [0.717, 1.165) is 19.6 Å². The van der Waals surface area contributed by atoms with Gasteiger partial charge in [0.1, 0.15) is 0 Å². The smallest absolute Gasteiger partial charge is 0.0331 e. The second kappa shape index (κ2) is 5.63. The van der Waals surface area contributed by atoms with Crippen LogP contribution in [0, 0.1) is 0 Å². The molecule has 1 aliphatic rings. The van der Waals surface area contributed by atoms with Gasteiger partial charge in [-0.1, -0.05) is 0 Å². The summed E-state index contributed by atoms with van der Waals surface area (Å²) in [7, 11) is 0. The lowest BCUT2D eigenvalue weighted by Crippen LogP contribution is -2.37. The minimum atomic E-state index is 0.605. The maximum absolute atomic E-state index is 3.55. The third-order valence-corrected chi connectivity index (χ3v) is 4.85. The zero-order chi connectivity index (χ0) is 11.5. The quantitative estimate of drug-likeness (QED) is 0.903. The summed E-state index contributed by atoms with van der Waals surface area (Å²) in [6, 6.07) is 3.52. The van der Waals surface area contributed by atoms with Crippen LogP contribution in [0.1, 0.15) is 25.1 Å². The molecule has 4 heteroatoms. The zero-order valence-electron chi connectivity index (χ0n) is 9.87. The van der Waals surface area contributed by atoms with E-state index >= 15 is 0 Å². The third-order valence-electron chi connectivity index (χ3n) is 3.17. The molecule has 0 radical (unpaired) electrons. The van der Waals surface area contributed by atoms with E-state index < -0.39 is 0 Å². The van der Waals surface area contributed by atoms with E-state index in [1.807, 2.05) is 11.3 Å². The molecule has 1 aromatic heterocycles. The second-order valence-electron chi connectivity index (χ2n) is 4.65. The van der Waals surface area contributed by atoms with Crippen molar-refractivity contribution in [2.45, 2.75) is 38.9 Å². The summed E-state index contributed by atoms with van der Waals surface area (Å²) < 4.78 is 1.21. The van der Waals surface area contributed by atoms with Crippen molar-refractivity contribution in [1.82, 2.24) is 10.2 Å². The molecule has 2 heterocycles. The first-order chi connectivity index (χ1) is 7.65. The Morgan fingerprint density at radius 2 is 2.38 bits per heavy atom. The van der Waals surface area contributed by atoms with E-state index in [4.69, 9.17) is 0 Å². The fourth-order valence-electron chi connectivity index (χ4n) is 2.17. The highest BCUT2D eigenvalue weighted by molar-refractivity contribution is 9.10. The number of nitrogens with one attached hydrogen (secondary N) is 1. The van der Waals surface area contributed by atoms with Gasteiger partial charge in [-0.15, -0.1) is 11.3 Å². The summed E-state index contributed by atoms with van der Waals surface area (Å²) in [4.78, 5) is 4.04. The van der Waals surface area contributed by atoms with Crippen LogP contribution in [-0.2, 0) is 6.54 Å². The van der Waals surface area contributed by atoms with Gasteiger partial charge in [-0.05, 0) is 48.8 Å². The number of thiophene rings is 1. The van der Waals surface area contributed by atoms with Crippen molar-refractivity contribution in [2.24, 2.45) is 0 Å². The molecule has 1 aromatic rings. The van der Waals surface area contributed by atoms with E-state index in [2.05, 4.69) is 51.4 Å².